The van der Waals surface area contributed by atoms with Crippen LogP contribution < -0.4 is 0 Å². The molecule has 0 fully saturated rings. The summed E-state index contributed by atoms with van der Waals surface area (Å²) in [4.78, 5) is 38.3. The Bertz CT molecular complexity index is 620. The van der Waals surface area contributed by atoms with Crippen molar-refractivity contribution in [1.82, 2.24) is 4.90 Å². The molecule has 0 aliphatic heterocycles. The third kappa shape index (κ3) is 8.48. The zero-order valence-corrected chi connectivity index (χ0v) is 14.8. The lowest BCUT2D eigenvalue weighted by Crippen LogP contribution is -2.29. The van der Waals surface area contributed by atoms with Crippen LogP contribution in [0.2, 0.25) is 0 Å². The summed E-state index contributed by atoms with van der Waals surface area (Å²) in [6.45, 7) is 0.750. The van der Waals surface area contributed by atoms with Crippen LogP contribution in [-0.4, -0.2) is 61.0 Å². The van der Waals surface area contributed by atoms with Gasteiger partial charge in [0.2, 0.25) is 0 Å². The van der Waals surface area contributed by atoms with E-state index in [4.69, 9.17) is 20.0 Å². The predicted molar refractivity (Wildman–Crippen MR) is 87.4 cm³/mol. The van der Waals surface area contributed by atoms with Crippen LogP contribution >= 0.6 is 15.2 Å². The summed E-state index contributed by atoms with van der Waals surface area (Å²) in [5.74, 6) is 0. The van der Waals surface area contributed by atoms with E-state index in [0.717, 1.165) is 0 Å². The minimum atomic E-state index is -4.41. The van der Waals surface area contributed by atoms with Gasteiger partial charge in [-0.3, -0.25) is 14.0 Å². The lowest BCUT2D eigenvalue weighted by atomic mass is 10.1. The van der Waals surface area contributed by atoms with Crippen molar-refractivity contribution in [2.24, 2.45) is 0 Å². The molecule has 0 atom stereocenters. The first kappa shape index (κ1) is 21.4. The lowest BCUT2D eigenvalue weighted by molar-refractivity contribution is 0.156. The molecule has 1 aromatic carbocycles. The maximum atomic E-state index is 11.3. The van der Waals surface area contributed by atoms with Gasteiger partial charge in [-0.1, -0.05) is 18.2 Å². The van der Waals surface area contributed by atoms with Crippen LogP contribution in [0.15, 0.2) is 18.2 Å². The highest BCUT2D eigenvalue weighted by molar-refractivity contribution is 7.51. The van der Waals surface area contributed by atoms with Crippen LogP contribution in [0.1, 0.15) is 16.7 Å². The molecule has 138 valence electrons. The summed E-state index contributed by atoms with van der Waals surface area (Å²) >= 11 is 0. The summed E-state index contributed by atoms with van der Waals surface area (Å²) < 4.78 is 22.5. The van der Waals surface area contributed by atoms with Gasteiger partial charge in [0, 0.05) is 19.6 Å². The molecule has 0 unspecified atom stereocenters. The molecule has 0 saturated carbocycles. The fourth-order valence-corrected chi connectivity index (χ4v) is 3.82. The molecule has 1 rings (SSSR count). The van der Waals surface area contributed by atoms with Gasteiger partial charge in [0.15, 0.2) is 0 Å². The third-order valence-electron chi connectivity index (χ3n) is 3.26. The van der Waals surface area contributed by atoms with Gasteiger partial charge in [0.1, 0.15) is 0 Å². The maximum Gasteiger partial charge on any atom is 0.329 e. The summed E-state index contributed by atoms with van der Waals surface area (Å²) in [6, 6.07) is 4.54. The van der Waals surface area contributed by atoms with E-state index in [1.54, 1.807) is 11.0 Å². The molecule has 1 aromatic rings. The third-order valence-corrected chi connectivity index (χ3v) is 4.77. The zero-order valence-electron chi connectivity index (χ0n) is 13.0. The van der Waals surface area contributed by atoms with E-state index >= 15 is 0 Å². The van der Waals surface area contributed by atoms with Crippen molar-refractivity contribution in [1.29, 1.82) is 0 Å². The van der Waals surface area contributed by atoms with Crippen LogP contribution in [0.5, 0.6) is 0 Å². The molecule has 11 heteroatoms. The molecule has 0 heterocycles. The average Bonchev–Trinajstić information content (AvgIpc) is 2.39. The van der Waals surface area contributed by atoms with Gasteiger partial charge in [0.05, 0.1) is 25.5 Å². The van der Waals surface area contributed by atoms with Crippen LogP contribution in [0, 0.1) is 0 Å². The number of nitrogens with zero attached hydrogens (tertiary/aromatic N) is 1. The largest absolute Gasteiger partial charge is 0.395 e. The number of benzene rings is 1. The first-order valence-corrected chi connectivity index (χ1v) is 10.8. The summed E-state index contributed by atoms with van der Waals surface area (Å²) in [7, 11) is -8.78. The van der Waals surface area contributed by atoms with Gasteiger partial charge in [0.25, 0.3) is 0 Å². The minimum absolute atomic E-state index is 0.106. The quantitative estimate of drug-likeness (QED) is 0.302. The Labute approximate surface area is 139 Å². The number of hydrogen-bond acceptors (Lipinski definition) is 5. The van der Waals surface area contributed by atoms with Crippen LogP contribution in [0.25, 0.3) is 0 Å². The van der Waals surface area contributed by atoms with E-state index in [0.29, 0.717) is 25.2 Å². The van der Waals surface area contributed by atoms with Gasteiger partial charge in [-0.25, -0.2) is 0 Å². The second kappa shape index (κ2) is 9.20. The lowest BCUT2D eigenvalue weighted by Gasteiger charge is -2.21. The van der Waals surface area contributed by atoms with E-state index in [2.05, 4.69) is 0 Å². The van der Waals surface area contributed by atoms with Gasteiger partial charge in [-0.2, -0.15) is 0 Å². The second-order valence-corrected chi connectivity index (χ2v) is 8.76. The SMILES string of the molecule is O=P(O)(O)Cc1ccc(CN(CCO)CCO)cc1CP(=O)(O)O. The highest BCUT2D eigenvalue weighted by Gasteiger charge is 2.22. The first-order valence-electron chi connectivity index (χ1n) is 7.18. The van der Waals surface area contributed by atoms with Gasteiger partial charge in [-0.05, 0) is 16.7 Å². The predicted octanol–water partition coefficient (Wildman–Crippen LogP) is -0.171. The fraction of sp³-hybridized carbons (Fsp3) is 0.538. The number of rotatable bonds is 10. The summed E-state index contributed by atoms with van der Waals surface area (Å²) in [6.07, 6.45) is -1.21. The normalized spacial score (nSPS) is 12.8. The van der Waals surface area contributed by atoms with E-state index < -0.39 is 27.5 Å². The highest BCUT2D eigenvalue weighted by atomic mass is 31.2. The van der Waals surface area contributed by atoms with Gasteiger partial charge >= 0.3 is 15.2 Å². The Morgan fingerprint density at radius 1 is 0.833 bits per heavy atom. The van der Waals surface area contributed by atoms with Crippen molar-refractivity contribution in [3.05, 3.63) is 34.9 Å². The van der Waals surface area contributed by atoms with Crippen molar-refractivity contribution in [2.75, 3.05) is 26.3 Å². The van der Waals surface area contributed by atoms with Crippen LogP contribution in [0.4, 0.5) is 0 Å². The standard InChI is InChI=1S/C13H23NO8P2/c15-5-3-14(4-6-16)8-11-1-2-12(9-23(17,18)19)13(7-11)10-24(20,21)22/h1-2,7,15-16H,3-6,8-10H2,(H2,17,18,19)(H2,20,21,22). The molecule has 24 heavy (non-hydrogen) atoms. The monoisotopic (exact) mass is 383 g/mol. The molecular formula is C13H23NO8P2. The van der Waals surface area contributed by atoms with Crippen molar-refractivity contribution >= 4 is 15.2 Å². The Kier molecular flexibility index (Phi) is 8.22. The molecule has 6 N–H and O–H groups in total. The van der Waals surface area contributed by atoms with E-state index in [1.807, 2.05) is 0 Å². The van der Waals surface area contributed by atoms with Crippen LogP contribution in [-0.2, 0) is 28.0 Å². The Hall–Kier alpha value is -0.600. The van der Waals surface area contributed by atoms with E-state index in [1.165, 1.54) is 12.1 Å². The Balaban J connectivity index is 3.09. The topological polar surface area (TPSA) is 159 Å². The summed E-state index contributed by atoms with van der Waals surface area (Å²) in [5.41, 5.74) is 1.03. The maximum absolute atomic E-state index is 11.3. The minimum Gasteiger partial charge on any atom is -0.395 e. The smallest absolute Gasteiger partial charge is 0.329 e. The van der Waals surface area contributed by atoms with Gasteiger partial charge in [-0.15, -0.1) is 0 Å². The number of aliphatic hydroxyl groups excluding tert-OH is 2. The molecule has 0 spiro atoms. The van der Waals surface area contributed by atoms with E-state index in [9.17, 15) is 18.9 Å². The van der Waals surface area contributed by atoms with Crippen molar-refractivity contribution in [2.45, 2.75) is 18.9 Å². The molecule has 0 aliphatic rings. The van der Waals surface area contributed by atoms with E-state index in [-0.39, 0.29) is 24.3 Å². The number of hydrogen-bond donors (Lipinski definition) is 6. The average molecular weight is 383 g/mol. The molecule has 0 aliphatic carbocycles. The number of aliphatic hydroxyl groups is 2. The molecule has 0 aromatic heterocycles. The molecule has 0 amide bonds. The second-order valence-electron chi connectivity index (χ2n) is 5.47. The fourth-order valence-electron chi connectivity index (χ4n) is 2.33. The zero-order chi connectivity index (χ0) is 18.4. The van der Waals surface area contributed by atoms with Crippen molar-refractivity contribution < 1.29 is 38.9 Å². The van der Waals surface area contributed by atoms with Crippen molar-refractivity contribution in [3.63, 3.8) is 0 Å². The molecule has 0 bridgehead atoms. The Morgan fingerprint density at radius 3 is 1.79 bits per heavy atom. The van der Waals surface area contributed by atoms with Crippen LogP contribution in [0.3, 0.4) is 0 Å². The molecule has 9 nitrogen and oxygen atoms in total. The molecule has 0 radical (unpaired) electrons. The molecule has 0 saturated heterocycles. The first-order chi connectivity index (χ1) is 11.0. The highest BCUT2D eigenvalue weighted by Crippen LogP contribution is 2.44. The van der Waals surface area contributed by atoms with Gasteiger partial charge < -0.3 is 29.8 Å². The van der Waals surface area contributed by atoms with Crippen molar-refractivity contribution in [3.8, 4) is 0 Å². The summed E-state index contributed by atoms with van der Waals surface area (Å²) in [5, 5.41) is 18.0. The molecular weight excluding hydrogens is 360 g/mol. The Morgan fingerprint density at radius 2 is 1.33 bits per heavy atom.